The summed E-state index contributed by atoms with van der Waals surface area (Å²) in [5.41, 5.74) is 0.297. The van der Waals surface area contributed by atoms with Crippen molar-refractivity contribution < 1.29 is 24.5 Å². The molecule has 2 heterocycles. The van der Waals surface area contributed by atoms with Crippen molar-refractivity contribution in [1.29, 1.82) is 0 Å². The number of ether oxygens (including phenoxy) is 1. The molecule has 1 atom stereocenters. The number of pyridine rings is 1. The highest BCUT2D eigenvalue weighted by molar-refractivity contribution is 5.90. The molecule has 0 aliphatic carbocycles. The number of anilines is 1. The van der Waals surface area contributed by atoms with Crippen molar-refractivity contribution in [2.75, 3.05) is 31.7 Å². The lowest BCUT2D eigenvalue weighted by molar-refractivity contribution is -0.00485. The van der Waals surface area contributed by atoms with Crippen molar-refractivity contribution in [3.63, 3.8) is 0 Å². The number of aliphatic hydroxyl groups excluding tert-OH is 1. The van der Waals surface area contributed by atoms with Crippen LogP contribution < -0.4 is 5.32 Å². The topological polar surface area (TPSA) is 112 Å². The van der Waals surface area contributed by atoms with E-state index in [1.807, 2.05) is 0 Å². The molecule has 108 valence electrons. The first-order valence-corrected chi connectivity index (χ1v) is 6.07. The molecule has 2 amide bonds. The van der Waals surface area contributed by atoms with Gasteiger partial charge in [-0.3, -0.25) is 0 Å². The molecule has 0 spiro atoms. The van der Waals surface area contributed by atoms with E-state index >= 15 is 0 Å². The average molecular weight is 281 g/mol. The summed E-state index contributed by atoms with van der Waals surface area (Å²) in [6.07, 6.45) is 1.27. The van der Waals surface area contributed by atoms with Gasteiger partial charge in [-0.05, 0) is 12.1 Å². The summed E-state index contributed by atoms with van der Waals surface area (Å²) in [4.78, 5) is 27.9. The number of nitrogens with zero attached hydrogens (tertiary/aromatic N) is 2. The molecule has 2 rings (SSSR count). The van der Waals surface area contributed by atoms with Crippen LogP contribution in [0.5, 0.6) is 0 Å². The van der Waals surface area contributed by atoms with Gasteiger partial charge in [-0.15, -0.1) is 0 Å². The number of carboxylic acid groups (broad SMARTS) is 1. The standard InChI is InChI=1S/C12H15N3O5/c16-6-9-7-20-4-3-15(9)12(19)14-8-1-2-10(11(17)18)13-5-8/h1-2,5,9,16H,3-4,6-7H2,(H,14,19)(H,17,18). The van der Waals surface area contributed by atoms with Gasteiger partial charge in [0, 0.05) is 6.54 Å². The van der Waals surface area contributed by atoms with Crippen LogP contribution in [0.15, 0.2) is 18.3 Å². The summed E-state index contributed by atoms with van der Waals surface area (Å²) in [6.45, 7) is 0.918. The number of aromatic nitrogens is 1. The van der Waals surface area contributed by atoms with Crippen molar-refractivity contribution in [2.24, 2.45) is 0 Å². The van der Waals surface area contributed by atoms with E-state index in [1.54, 1.807) is 0 Å². The van der Waals surface area contributed by atoms with E-state index in [4.69, 9.17) is 9.84 Å². The Balaban J connectivity index is 2.01. The Kier molecular flexibility index (Phi) is 4.49. The Morgan fingerprint density at radius 1 is 1.50 bits per heavy atom. The molecule has 1 aliphatic heterocycles. The Morgan fingerprint density at radius 2 is 2.30 bits per heavy atom. The second-order valence-electron chi connectivity index (χ2n) is 4.27. The molecule has 8 nitrogen and oxygen atoms in total. The number of aliphatic hydroxyl groups is 1. The number of nitrogens with one attached hydrogen (secondary N) is 1. The fourth-order valence-corrected chi connectivity index (χ4v) is 1.86. The van der Waals surface area contributed by atoms with E-state index in [-0.39, 0.29) is 24.4 Å². The van der Waals surface area contributed by atoms with Crippen LogP contribution in [0.1, 0.15) is 10.5 Å². The van der Waals surface area contributed by atoms with E-state index in [9.17, 15) is 14.7 Å². The van der Waals surface area contributed by atoms with E-state index in [0.29, 0.717) is 25.4 Å². The summed E-state index contributed by atoms with van der Waals surface area (Å²) in [7, 11) is 0. The third-order valence-electron chi connectivity index (χ3n) is 2.93. The summed E-state index contributed by atoms with van der Waals surface area (Å²) in [5, 5.41) is 20.5. The van der Waals surface area contributed by atoms with Gasteiger partial charge >= 0.3 is 12.0 Å². The molecule has 0 radical (unpaired) electrons. The fourth-order valence-electron chi connectivity index (χ4n) is 1.86. The van der Waals surface area contributed by atoms with Crippen molar-refractivity contribution in [1.82, 2.24) is 9.88 Å². The van der Waals surface area contributed by atoms with Crippen LogP contribution in [-0.2, 0) is 4.74 Å². The molecule has 8 heteroatoms. The van der Waals surface area contributed by atoms with Crippen LogP contribution in [0.2, 0.25) is 0 Å². The van der Waals surface area contributed by atoms with E-state index in [1.165, 1.54) is 23.2 Å². The maximum Gasteiger partial charge on any atom is 0.354 e. The summed E-state index contributed by atoms with van der Waals surface area (Å²) in [5.74, 6) is -1.13. The number of morpholine rings is 1. The molecule has 0 saturated carbocycles. The predicted molar refractivity (Wildman–Crippen MR) is 68.6 cm³/mol. The average Bonchev–Trinajstić information content (AvgIpc) is 2.47. The second kappa shape index (κ2) is 6.31. The number of aromatic carboxylic acids is 1. The minimum absolute atomic E-state index is 0.0948. The number of amides is 2. The van der Waals surface area contributed by atoms with Gasteiger partial charge in [0.05, 0.1) is 37.7 Å². The molecule has 1 fully saturated rings. The van der Waals surface area contributed by atoms with Crippen molar-refractivity contribution >= 4 is 17.7 Å². The molecule has 1 aromatic rings. The SMILES string of the molecule is O=C(O)c1ccc(NC(=O)N2CCOCC2CO)cn1. The maximum atomic E-state index is 12.1. The van der Waals surface area contributed by atoms with Crippen LogP contribution in [0.4, 0.5) is 10.5 Å². The Bertz CT molecular complexity index is 490. The monoisotopic (exact) mass is 281 g/mol. The minimum Gasteiger partial charge on any atom is -0.477 e. The van der Waals surface area contributed by atoms with Crippen LogP contribution in [0.3, 0.4) is 0 Å². The third kappa shape index (κ3) is 3.22. The highest BCUT2D eigenvalue weighted by atomic mass is 16.5. The lowest BCUT2D eigenvalue weighted by atomic mass is 10.2. The Morgan fingerprint density at radius 3 is 2.90 bits per heavy atom. The van der Waals surface area contributed by atoms with Gasteiger partial charge in [0.1, 0.15) is 5.69 Å². The quantitative estimate of drug-likeness (QED) is 0.719. The normalized spacial score (nSPS) is 18.6. The van der Waals surface area contributed by atoms with Gasteiger partial charge in [-0.2, -0.15) is 0 Å². The smallest absolute Gasteiger partial charge is 0.354 e. The molecule has 3 N–H and O–H groups in total. The minimum atomic E-state index is -1.13. The zero-order valence-electron chi connectivity index (χ0n) is 10.7. The number of carbonyl (C=O) groups is 2. The molecule has 20 heavy (non-hydrogen) atoms. The van der Waals surface area contributed by atoms with E-state index < -0.39 is 5.97 Å². The highest BCUT2D eigenvalue weighted by Gasteiger charge is 2.26. The van der Waals surface area contributed by atoms with Gasteiger partial charge in [-0.1, -0.05) is 0 Å². The number of hydrogen-bond donors (Lipinski definition) is 3. The number of carboxylic acids is 1. The van der Waals surface area contributed by atoms with Crippen LogP contribution >= 0.6 is 0 Å². The van der Waals surface area contributed by atoms with Crippen LogP contribution in [-0.4, -0.2) is 64.5 Å². The summed E-state index contributed by atoms with van der Waals surface area (Å²) in [6, 6.07) is 2.01. The molecule has 0 aromatic carbocycles. The van der Waals surface area contributed by atoms with Gasteiger partial charge in [0.2, 0.25) is 0 Å². The molecule has 1 aliphatic rings. The van der Waals surface area contributed by atoms with Crippen LogP contribution in [0.25, 0.3) is 0 Å². The van der Waals surface area contributed by atoms with Gasteiger partial charge in [-0.25, -0.2) is 14.6 Å². The first kappa shape index (κ1) is 14.2. The van der Waals surface area contributed by atoms with Crippen molar-refractivity contribution in [3.8, 4) is 0 Å². The van der Waals surface area contributed by atoms with Crippen LogP contribution in [0, 0.1) is 0 Å². The van der Waals surface area contributed by atoms with Gasteiger partial charge in [0.15, 0.2) is 0 Å². The molecule has 1 aromatic heterocycles. The lowest BCUT2D eigenvalue weighted by Gasteiger charge is -2.34. The highest BCUT2D eigenvalue weighted by Crippen LogP contribution is 2.11. The van der Waals surface area contributed by atoms with Crippen molar-refractivity contribution in [3.05, 3.63) is 24.0 Å². The molecule has 1 saturated heterocycles. The van der Waals surface area contributed by atoms with E-state index in [2.05, 4.69) is 10.3 Å². The molecular weight excluding hydrogens is 266 g/mol. The zero-order valence-corrected chi connectivity index (χ0v) is 10.7. The third-order valence-corrected chi connectivity index (χ3v) is 2.93. The first-order valence-electron chi connectivity index (χ1n) is 6.07. The van der Waals surface area contributed by atoms with Gasteiger partial charge < -0.3 is 25.2 Å². The molecular formula is C12H15N3O5. The number of carbonyl (C=O) groups excluding carboxylic acids is 1. The fraction of sp³-hybridized carbons (Fsp3) is 0.417. The number of rotatable bonds is 3. The lowest BCUT2D eigenvalue weighted by Crippen LogP contribution is -2.52. The summed E-state index contributed by atoms with van der Waals surface area (Å²) < 4.78 is 5.19. The largest absolute Gasteiger partial charge is 0.477 e. The maximum absolute atomic E-state index is 12.1. The number of hydrogen-bond acceptors (Lipinski definition) is 5. The Hall–Kier alpha value is -2.19. The molecule has 1 unspecified atom stereocenters. The second-order valence-corrected chi connectivity index (χ2v) is 4.27. The summed E-state index contributed by atoms with van der Waals surface area (Å²) >= 11 is 0. The molecule has 0 bridgehead atoms. The Labute approximate surface area is 115 Å². The number of urea groups is 1. The zero-order chi connectivity index (χ0) is 14.5. The van der Waals surface area contributed by atoms with Crippen molar-refractivity contribution in [2.45, 2.75) is 6.04 Å². The van der Waals surface area contributed by atoms with Gasteiger partial charge in [0.25, 0.3) is 0 Å². The van der Waals surface area contributed by atoms with E-state index in [0.717, 1.165) is 0 Å². The predicted octanol–water partition coefficient (Wildman–Crippen LogP) is 0.00480. The first-order chi connectivity index (χ1) is 9.61.